The Kier molecular flexibility index (Phi) is 4.74. The van der Waals surface area contributed by atoms with Gasteiger partial charge in [0, 0.05) is 10.5 Å². The van der Waals surface area contributed by atoms with Gasteiger partial charge in [0.15, 0.2) is 0 Å². The molecule has 1 nitrogen and oxygen atoms in total. The van der Waals surface area contributed by atoms with Gasteiger partial charge in [-0.2, -0.15) is 0 Å². The van der Waals surface area contributed by atoms with Crippen molar-refractivity contribution < 1.29 is 4.39 Å². The van der Waals surface area contributed by atoms with Gasteiger partial charge in [-0.25, -0.2) is 4.39 Å². The fourth-order valence-electron chi connectivity index (χ4n) is 1.56. The molecule has 0 saturated heterocycles. The van der Waals surface area contributed by atoms with Crippen molar-refractivity contribution in [2.24, 2.45) is 5.92 Å². The van der Waals surface area contributed by atoms with E-state index in [-0.39, 0.29) is 5.82 Å². The second-order valence-electron chi connectivity index (χ2n) is 4.04. The zero-order valence-electron chi connectivity index (χ0n) is 9.35. The predicted octanol–water partition coefficient (Wildman–Crippen LogP) is 3.37. The topological polar surface area (TPSA) is 12.0 Å². The highest BCUT2D eigenvalue weighted by molar-refractivity contribution is 9.10. The highest BCUT2D eigenvalue weighted by atomic mass is 79.9. The van der Waals surface area contributed by atoms with Crippen molar-refractivity contribution in [1.29, 1.82) is 0 Å². The van der Waals surface area contributed by atoms with Gasteiger partial charge in [0.05, 0.1) is 0 Å². The second kappa shape index (κ2) is 5.61. The van der Waals surface area contributed by atoms with Crippen LogP contribution in [0.2, 0.25) is 0 Å². The number of benzene rings is 1. The lowest BCUT2D eigenvalue weighted by molar-refractivity contribution is 0.423. The van der Waals surface area contributed by atoms with Crippen LogP contribution in [0.4, 0.5) is 4.39 Å². The molecule has 0 amide bonds. The lowest BCUT2D eigenvalue weighted by Crippen LogP contribution is -2.29. The molecule has 0 aliphatic rings. The minimum atomic E-state index is -0.177. The lowest BCUT2D eigenvalue weighted by Gasteiger charge is -2.19. The van der Waals surface area contributed by atoms with E-state index in [0.29, 0.717) is 12.0 Å². The fourth-order valence-corrected chi connectivity index (χ4v) is 2.07. The summed E-state index contributed by atoms with van der Waals surface area (Å²) in [6.07, 6.45) is 0.887. The summed E-state index contributed by atoms with van der Waals surface area (Å²) in [5.74, 6) is 0.312. The zero-order chi connectivity index (χ0) is 11.4. The number of hydrogen-bond acceptors (Lipinski definition) is 1. The number of halogens is 2. The van der Waals surface area contributed by atoms with Crippen molar-refractivity contribution in [3.63, 3.8) is 0 Å². The van der Waals surface area contributed by atoms with Gasteiger partial charge in [0.25, 0.3) is 0 Å². The number of nitrogens with one attached hydrogen (secondary N) is 1. The minimum absolute atomic E-state index is 0.177. The Morgan fingerprint density at radius 2 is 2.00 bits per heavy atom. The highest BCUT2D eigenvalue weighted by Crippen LogP contribution is 2.18. The van der Waals surface area contributed by atoms with E-state index in [4.69, 9.17) is 0 Å². The summed E-state index contributed by atoms with van der Waals surface area (Å²) in [6.45, 7) is 4.30. The third kappa shape index (κ3) is 3.92. The first-order valence-corrected chi connectivity index (χ1v) is 5.94. The smallest absolute Gasteiger partial charge is 0.124 e. The summed E-state index contributed by atoms with van der Waals surface area (Å²) in [7, 11) is 1.95. The molecule has 1 N–H and O–H groups in total. The van der Waals surface area contributed by atoms with Crippen LogP contribution in [0, 0.1) is 11.7 Å². The Morgan fingerprint density at radius 3 is 2.53 bits per heavy atom. The van der Waals surface area contributed by atoms with Crippen molar-refractivity contribution in [2.75, 3.05) is 7.05 Å². The van der Waals surface area contributed by atoms with Crippen molar-refractivity contribution in [3.05, 3.63) is 34.1 Å². The molecule has 1 aromatic carbocycles. The molecule has 1 aromatic rings. The van der Waals surface area contributed by atoms with Gasteiger partial charge in [0.1, 0.15) is 5.82 Å². The van der Waals surface area contributed by atoms with E-state index in [1.165, 1.54) is 6.07 Å². The number of rotatable bonds is 4. The van der Waals surface area contributed by atoms with Crippen LogP contribution in [0.25, 0.3) is 0 Å². The highest BCUT2D eigenvalue weighted by Gasteiger charge is 2.11. The average molecular weight is 274 g/mol. The first kappa shape index (κ1) is 12.7. The molecule has 0 fully saturated rings. The SMILES string of the molecule is CNC(C)C(C)Cc1cc(F)cc(Br)c1. The molecular formula is C12H17BrFN. The van der Waals surface area contributed by atoms with E-state index < -0.39 is 0 Å². The molecule has 0 heterocycles. The molecule has 84 valence electrons. The molecule has 0 radical (unpaired) electrons. The summed E-state index contributed by atoms with van der Waals surface area (Å²) in [6, 6.07) is 5.49. The summed E-state index contributed by atoms with van der Waals surface area (Å²) in [5, 5.41) is 3.21. The maximum absolute atomic E-state index is 13.1. The average Bonchev–Trinajstić information content (AvgIpc) is 2.14. The maximum Gasteiger partial charge on any atom is 0.124 e. The Morgan fingerprint density at radius 1 is 1.33 bits per heavy atom. The van der Waals surface area contributed by atoms with Crippen LogP contribution in [0.1, 0.15) is 19.4 Å². The normalized spacial score (nSPS) is 15.0. The standard InChI is InChI=1S/C12H17BrFN/c1-8(9(2)15-3)4-10-5-11(13)7-12(14)6-10/h5-9,15H,4H2,1-3H3. The molecule has 0 aliphatic heterocycles. The van der Waals surface area contributed by atoms with E-state index in [9.17, 15) is 4.39 Å². The molecule has 15 heavy (non-hydrogen) atoms. The molecule has 0 bridgehead atoms. The quantitative estimate of drug-likeness (QED) is 0.887. The van der Waals surface area contributed by atoms with Crippen LogP contribution >= 0.6 is 15.9 Å². The van der Waals surface area contributed by atoms with Gasteiger partial charge in [-0.05, 0) is 50.1 Å². The van der Waals surface area contributed by atoms with Crippen LogP contribution < -0.4 is 5.32 Å². The Labute approximate surface area is 99.2 Å². The molecular weight excluding hydrogens is 257 g/mol. The van der Waals surface area contributed by atoms with Gasteiger partial charge in [-0.3, -0.25) is 0 Å². The van der Waals surface area contributed by atoms with Crippen LogP contribution in [-0.2, 0) is 6.42 Å². The van der Waals surface area contributed by atoms with Crippen molar-refractivity contribution in [3.8, 4) is 0 Å². The van der Waals surface area contributed by atoms with Gasteiger partial charge in [0.2, 0.25) is 0 Å². The lowest BCUT2D eigenvalue weighted by atomic mass is 9.95. The van der Waals surface area contributed by atoms with E-state index in [2.05, 4.69) is 35.1 Å². The molecule has 0 aromatic heterocycles. The van der Waals surface area contributed by atoms with Gasteiger partial charge >= 0.3 is 0 Å². The monoisotopic (exact) mass is 273 g/mol. The summed E-state index contributed by atoms with van der Waals surface area (Å²) in [5.41, 5.74) is 1.04. The summed E-state index contributed by atoms with van der Waals surface area (Å²) >= 11 is 3.30. The molecule has 1 rings (SSSR count). The van der Waals surface area contributed by atoms with Crippen LogP contribution in [0.3, 0.4) is 0 Å². The van der Waals surface area contributed by atoms with Gasteiger partial charge in [-0.1, -0.05) is 22.9 Å². The van der Waals surface area contributed by atoms with Crippen LogP contribution in [-0.4, -0.2) is 13.1 Å². The van der Waals surface area contributed by atoms with E-state index in [1.54, 1.807) is 6.07 Å². The van der Waals surface area contributed by atoms with E-state index >= 15 is 0 Å². The van der Waals surface area contributed by atoms with Crippen LogP contribution in [0.5, 0.6) is 0 Å². The summed E-state index contributed by atoms with van der Waals surface area (Å²) < 4.78 is 13.9. The maximum atomic E-state index is 13.1. The third-order valence-electron chi connectivity index (χ3n) is 2.79. The number of hydrogen-bond donors (Lipinski definition) is 1. The first-order valence-electron chi connectivity index (χ1n) is 5.15. The predicted molar refractivity (Wildman–Crippen MR) is 65.5 cm³/mol. The van der Waals surface area contributed by atoms with Crippen LogP contribution in [0.15, 0.2) is 22.7 Å². The first-order chi connectivity index (χ1) is 7.02. The zero-order valence-corrected chi connectivity index (χ0v) is 10.9. The largest absolute Gasteiger partial charge is 0.317 e. The molecule has 3 heteroatoms. The molecule has 2 unspecified atom stereocenters. The fraction of sp³-hybridized carbons (Fsp3) is 0.500. The minimum Gasteiger partial charge on any atom is -0.317 e. The van der Waals surface area contributed by atoms with Crippen molar-refractivity contribution in [2.45, 2.75) is 26.3 Å². The molecule has 0 saturated carbocycles. The molecule has 0 aliphatic carbocycles. The Bertz CT molecular complexity index is 307. The van der Waals surface area contributed by atoms with Crippen molar-refractivity contribution >= 4 is 15.9 Å². The summed E-state index contributed by atoms with van der Waals surface area (Å²) in [4.78, 5) is 0. The second-order valence-corrected chi connectivity index (χ2v) is 4.95. The van der Waals surface area contributed by atoms with Gasteiger partial charge < -0.3 is 5.32 Å². The van der Waals surface area contributed by atoms with E-state index in [0.717, 1.165) is 16.5 Å². The third-order valence-corrected chi connectivity index (χ3v) is 3.25. The molecule has 2 atom stereocenters. The Balaban J connectivity index is 2.72. The van der Waals surface area contributed by atoms with E-state index in [1.807, 2.05) is 13.1 Å². The van der Waals surface area contributed by atoms with Gasteiger partial charge in [-0.15, -0.1) is 0 Å². The van der Waals surface area contributed by atoms with Crippen molar-refractivity contribution in [1.82, 2.24) is 5.32 Å². The molecule has 0 spiro atoms. The Hall–Kier alpha value is -0.410.